The Bertz CT molecular complexity index is 333. The summed E-state index contributed by atoms with van der Waals surface area (Å²) in [6.45, 7) is 3.96. The van der Waals surface area contributed by atoms with Crippen molar-refractivity contribution in [2.75, 3.05) is 6.61 Å². The van der Waals surface area contributed by atoms with E-state index in [2.05, 4.69) is 5.92 Å². The van der Waals surface area contributed by atoms with Gasteiger partial charge in [0.05, 0.1) is 6.61 Å². The second kappa shape index (κ2) is 4.11. The van der Waals surface area contributed by atoms with E-state index in [-0.39, 0.29) is 6.61 Å². The third kappa shape index (κ3) is 1.91. The Morgan fingerprint density at radius 1 is 1.54 bits per heavy atom. The van der Waals surface area contributed by atoms with E-state index in [4.69, 9.17) is 11.5 Å². The van der Waals surface area contributed by atoms with Crippen LogP contribution in [0.4, 0.5) is 0 Å². The second-order valence-electron chi connectivity index (χ2n) is 3.06. The van der Waals surface area contributed by atoms with Gasteiger partial charge in [-0.15, -0.1) is 6.42 Å². The van der Waals surface area contributed by atoms with Gasteiger partial charge in [-0.3, -0.25) is 0 Å². The zero-order valence-electron chi connectivity index (χ0n) is 7.96. The van der Waals surface area contributed by atoms with Gasteiger partial charge in [0.25, 0.3) is 0 Å². The van der Waals surface area contributed by atoms with Crippen LogP contribution in [0.2, 0.25) is 0 Å². The normalized spacial score (nSPS) is 10.1. The largest absolute Gasteiger partial charge is 0.395 e. The lowest BCUT2D eigenvalue weighted by Gasteiger charge is -2.12. The molecule has 1 aromatic rings. The quantitative estimate of drug-likeness (QED) is 0.677. The molecule has 13 heavy (non-hydrogen) atoms. The molecule has 0 bridgehead atoms. The van der Waals surface area contributed by atoms with E-state index in [1.807, 2.05) is 32.0 Å². The molecule has 67 valence electrons. The molecule has 0 amide bonds. The van der Waals surface area contributed by atoms with Gasteiger partial charge in [0.1, 0.15) is 0 Å². The first kappa shape index (κ1) is 9.83. The topological polar surface area (TPSA) is 20.2 Å². The van der Waals surface area contributed by atoms with Crippen molar-refractivity contribution in [3.63, 3.8) is 0 Å². The maximum absolute atomic E-state index is 8.99. The summed E-state index contributed by atoms with van der Waals surface area (Å²) in [6.07, 6.45) is 5.34. The summed E-state index contributed by atoms with van der Waals surface area (Å²) in [4.78, 5) is 0. The third-order valence-corrected chi connectivity index (χ3v) is 2.19. The zero-order chi connectivity index (χ0) is 9.84. The van der Waals surface area contributed by atoms with Crippen molar-refractivity contribution < 1.29 is 5.11 Å². The van der Waals surface area contributed by atoms with E-state index in [9.17, 15) is 0 Å². The van der Waals surface area contributed by atoms with Crippen molar-refractivity contribution in [3.05, 3.63) is 40.8 Å². The summed E-state index contributed by atoms with van der Waals surface area (Å²) >= 11 is 0. The summed E-state index contributed by atoms with van der Waals surface area (Å²) < 4.78 is 0. The molecule has 1 rings (SSSR count). The molecule has 0 saturated heterocycles. The van der Waals surface area contributed by atoms with Gasteiger partial charge >= 0.3 is 0 Å². The van der Waals surface area contributed by atoms with Crippen LogP contribution in [0.3, 0.4) is 0 Å². The first-order valence-corrected chi connectivity index (χ1v) is 4.20. The fourth-order valence-corrected chi connectivity index (χ4v) is 1.34. The van der Waals surface area contributed by atoms with Crippen molar-refractivity contribution in [3.8, 4) is 12.3 Å². The predicted octanol–water partition coefficient (Wildman–Crippen LogP) is 1.91. The lowest BCUT2D eigenvalue weighted by atomic mass is 9.94. The molecule has 0 spiro atoms. The van der Waals surface area contributed by atoms with Crippen LogP contribution in [0.25, 0.3) is 0 Å². The molecule has 1 heteroatoms. The molecule has 1 N–H and O–H groups in total. The molecular weight excluding hydrogens is 160 g/mol. The lowest BCUT2D eigenvalue weighted by molar-refractivity contribution is 0.314. The number of hydrogen-bond donors (Lipinski definition) is 1. The van der Waals surface area contributed by atoms with Gasteiger partial charge in [0.2, 0.25) is 0 Å². The fraction of sp³-hybridized carbons (Fsp3) is 0.250. The van der Waals surface area contributed by atoms with Crippen LogP contribution in [0.5, 0.6) is 0 Å². The van der Waals surface area contributed by atoms with Gasteiger partial charge in [0, 0.05) is 11.5 Å². The molecule has 1 radical (unpaired) electrons. The van der Waals surface area contributed by atoms with E-state index in [0.717, 1.165) is 22.6 Å². The van der Waals surface area contributed by atoms with Gasteiger partial charge in [-0.2, -0.15) is 0 Å². The minimum Gasteiger partial charge on any atom is -0.395 e. The lowest BCUT2D eigenvalue weighted by Crippen LogP contribution is -2.03. The number of hydrogen-bond acceptors (Lipinski definition) is 1. The Labute approximate surface area is 79.4 Å². The van der Waals surface area contributed by atoms with Gasteiger partial charge in [-0.05, 0) is 24.1 Å². The Kier molecular flexibility index (Phi) is 3.11. The molecule has 0 unspecified atom stereocenters. The highest BCUT2D eigenvalue weighted by atomic mass is 16.3. The molecular formula is C12H13O. The van der Waals surface area contributed by atoms with Gasteiger partial charge < -0.3 is 5.11 Å². The molecule has 0 fully saturated rings. The summed E-state index contributed by atoms with van der Waals surface area (Å²) in [5.74, 6) is 3.57. The zero-order valence-corrected chi connectivity index (χ0v) is 7.96. The third-order valence-electron chi connectivity index (χ3n) is 2.19. The first-order chi connectivity index (χ1) is 6.20. The Balaban J connectivity index is 3.17. The van der Waals surface area contributed by atoms with Crippen LogP contribution in [-0.4, -0.2) is 11.7 Å². The predicted molar refractivity (Wildman–Crippen MR) is 54.2 cm³/mol. The summed E-state index contributed by atoms with van der Waals surface area (Å²) in [5, 5.41) is 8.99. The van der Waals surface area contributed by atoms with Gasteiger partial charge in [0.15, 0.2) is 0 Å². The number of aliphatic hydroxyl groups is 1. The Morgan fingerprint density at radius 2 is 2.23 bits per heavy atom. The second-order valence-corrected chi connectivity index (χ2v) is 3.06. The molecule has 1 nitrogen and oxygen atoms in total. The van der Waals surface area contributed by atoms with Crippen molar-refractivity contribution >= 4 is 0 Å². The van der Waals surface area contributed by atoms with Crippen molar-refractivity contribution in [1.82, 2.24) is 0 Å². The molecule has 0 saturated carbocycles. The molecule has 0 aromatic heterocycles. The van der Waals surface area contributed by atoms with E-state index in [1.165, 1.54) is 0 Å². The van der Waals surface area contributed by atoms with Crippen molar-refractivity contribution in [2.24, 2.45) is 0 Å². The molecule has 0 heterocycles. The Morgan fingerprint density at radius 3 is 2.77 bits per heavy atom. The minimum absolute atomic E-state index is 0.0782. The number of benzene rings is 1. The average molecular weight is 173 g/mol. The number of aliphatic hydroxyl groups excluding tert-OH is 1. The van der Waals surface area contributed by atoms with E-state index in [1.54, 1.807) is 0 Å². The average Bonchev–Trinajstić information content (AvgIpc) is 2.17. The first-order valence-electron chi connectivity index (χ1n) is 4.20. The molecule has 0 aliphatic carbocycles. The molecule has 0 aliphatic rings. The van der Waals surface area contributed by atoms with Crippen LogP contribution in [0, 0.1) is 25.2 Å². The molecule has 0 atom stereocenters. The maximum atomic E-state index is 8.99. The SMILES string of the molecule is C#Cc1cccc([C](C)CO)c1C. The van der Waals surface area contributed by atoms with Crippen LogP contribution in [-0.2, 0) is 0 Å². The van der Waals surface area contributed by atoms with Crippen LogP contribution in [0.1, 0.15) is 23.6 Å². The maximum Gasteiger partial charge on any atom is 0.0534 e. The highest BCUT2D eigenvalue weighted by molar-refractivity contribution is 5.48. The summed E-state index contributed by atoms with van der Waals surface area (Å²) in [5.41, 5.74) is 3.01. The monoisotopic (exact) mass is 173 g/mol. The summed E-state index contributed by atoms with van der Waals surface area (Å²) in [6, 6.07) is 5.79. The van der Waals surface area contributed by atoms with Crippen LogP contribution in [0.15, 0.2) is 18.2 Å². The smallest absolute Gasteiger partial charge is 0.0534 e. The van der Waals surface area contributed by atoms with E-state index < -0.39 is 0 Å². The molecule has 1 aromatic carbocycles. The standard InChI is InChI=1S/C12H13O/c1-4-11-6-5-7-12(10(11)3)9(2)8-13/h1,5-7,13H,8H2,2-3H3. The van der Waals surface area contributed by atoms with E-state index in [0.29, 0.717) is 0 Å². The van der Waals surface area contributed by atoms with Gasteiger partial charge in [-0.1, -0.05) is 25.0 Å². The summed E-state index contributed by atoms with van der Waals surface area (Å²) in [7, 11) is 0. The minimum atomic E-state index is 0.0782. The fourth-order valence-electron chi connectivity index (χ4n) is 1.34. The molecule has 0 aliphatic heterocycles. The highest BCUT2D eigenvalue weighted by Gasteiger charge is 2.09. The van der Waals surface area contributed by atoms with E-state index >= 15 is 0 Å². The van der Waals surface area contributed by atoms with Crippen molar-refractivity contribution in [1.29, 1.82) is 0 Å². The van der Waals surface area contributed by atoms with Gasteiger partial charge in [-0.25, -0.2) is 0 Å². The highest BCUT2D eigenvalue weighted by Crippen LogP contribution is 2.20. The van der Waals surface area contributed by atoms with Crippen LogP contribution < -0.4 is 0 Å². The number of rotatable bonds is 2. The Hall–Kier alpha value is -1.26. The van der Waals surface area contributed by atoms with Crippen LogP contribution >= 0.6 is 0 Å². The number of terminal acetylenes is 1. The van der Waals surface area contributed by atoms with Crippen molar-refractivity contribution in [2.45, 2.75) is 13.8 Å².